The largest absolute Gasteiger partial charge is 0.361 e. The van der Waals surface area contributed by atoms with Gasteiger partial charge < -0.3 is 10.6 Å². The molecule has 0 unspecified atom stereocenters. The van der Waals surface area contributed by atoms with Crippen molar-refractivity contribution in [3.05, 3.63) is 15.8 Å². The van der Waals surface area contributed by atoms with Gasteiger partial charge >= 0.3 is 5.69 Å². The van der Waals surface area contributed by atoms with E-state index in [0.29, 0.717) is 29.9 Å². The van der Waals surface area contributed by atoms with Gasteiger partial charge in [0.15, 0.2) is 0 Å². The zero-order valence-corrected chi connectivity index (χ0v) is 11.4. The Morgan fingerprint density at radius 1 is 1.42 bits per heavy atom. The minimum Gasteiger partial charge on any atom is -0.361 e. The highest BCUT2D eigenvalue weighted by atomic mass is 16.6. The van der Waals surface area contributed by atoms with E-state index in [-0.39, 0.29) is 11.7 Å². The zero-order chi connectivity index (χ0) is 14.0. The molecule has 104 valence electrons. The monoisotopic (exact) mass is 265 g/mol. The summed E-state index contributed by atoms with van der Waals surface area (Å²) in [6, 6.07) is 0.275. The minimum absolute atomic E-state index is 0.0267. The van der Waals surface area contributed by atoms with Crippen molar-refractivity contribution >= 4 is 17.5 Å². The molecule has 0 bridgehead atoms. The molecule has 1 aromatic rings. The van der Waals surface area contributed by atoms with Crippen LogP contribution >= 0.6 is 0 Å². The van der Waals surface area contributed by atoms with Gasteiger partial charge in [-0.3, -0.25) is 10.1 Å². The Morgan fingerprint density at radius 3 is 2.63 bits per heavy atom. The average molecular weight is 265 g/mol. The lowest BCUT2D eigenvalue weighted by Gasteiger charge is -2.33. The third-order valence-corrected chi connectivity index (χ3v) is 3.29. The van der Waals surface area contributed by atoms with E-state index in [1.165, 1.54) is 0 Å². The number of hydrogen-bond acceptors (Lipinski definition) is 6. The van der Waals surface area contributed by atoms with Crippen molar-refractivity contribution in [1.82, 2.24) is 9.97 Å². The number of hydrogen-bond donors (Lipinski definition) is 2. The van der Waals surface area contributed by atoms with Crippen LogP contribution < -0.4 is 10.6 Å². The van der Waals surface area contributed by atoms with Gasteiger partial charge in [0.25, 0.3) is 0 Å². The van der Waals surface area contributed by atoms with Crippen LogP contribution in [-0.4, -0.2) is 27.5 Å². The summed E-state index contributed by atoms with van der Waals surface area (Å²) in [7, 11) is 0. The zero-order valence-electron chi connectivity index (χ0n) is 11.4. The molecule has 19 heavy (non-hydrogen) atoms. The number of nitro groups is 1. The molecule has 1 aromatic heterocycles. The summed E-state index contributed by atoms with van der Waals surface area (Å²) < 4.78 is 0. The van der Waals surface area contributed by atoms with Crippen molar-refractivity contribution in [3.8, 4) is 0 Å². The molecule has 0 spiro atoms. The van der Waals surface area contributed by atoms with Crippen LogP contribution in [0.15, 0.2) is 0 Å². The lowest BCUT2D eigenvalue weighted by Crippen LogP contribution is -2.34. The molecule has 1 saturated carbocycles. The van der Waals surface area contributed by atoms with Crippen molar-refractivity contribution in [2.75, 3.05) is 17.2 Å². The van der Waals surface area contributed by atoms with E-state index in [1.807, 2.05) is 6.92 Å². The number of aryl methyl sites for hydroxylation is 1. The number of rotatable bonds is 5. The molecule has 1 aliphatic carbocycles. The van der Waals surface area contributed by atoms with Crippen molar-refractivity contribution in [2.45, 2.75) is 39.7 Å². The van der Waals surface area contributed by atoms with Crippen molar-refractivity contribution < 1.29 is 4.92 Å². The van der Waals surface area contributed by atoms with Gasteiger partial charge in [-0.25, -0.2) is 4.98 Å². The fourth-order valence-corrected chi connectivity index (χ4v) is 2.34. The maximum atomic E-state index is 11.1. The molecule has 0 amide bonds. The number of anilines is 2. The normalized spacial score (nSPS) is 21.6. The first-order valence-corrected chi connectivity index (χ1v) is 6.54. The first kappa shape index (κ1) is 13.5. The van der Waals surface area contributed by atoms with E-state index in [4.69, 9.17) is 0 Å². The second kappa shape index (κ2) is 5.38. The van der Waals surface area contributed by atoms with Gasteiger partial charge in [0.05, 0.1) is 4.92 Å². The topological polar surface area (TPSA) is 93.0 Å². The maximum absolute atomic E-state index is 11.1. The molecule has 0 saturated heterocycles. The van der Waals surface area contributed by atoms with E-state index in [1.54, 1.807) is 6.92 Å². The van der Waals surface area contributed by atoms with Gasteiger partial charge in [0, 0.05) is 12.6 Å². The average Bonchev–Trinajstić information content (AvgIpc) is 2.26. The van der Waals surface area contributed by atoms with Gasteiger partial charge in [0.2, 0.25) is 11.8 Å². The minimum atomic E-state index is -0.421. The van der Waals surface area contributed by atoms with Crippen LogP contribution in [-0.2, 0) is 0 Å². The second-order valence-corrected chi connectivity index (χ2v) is 5.04. The van der Waals surface area contributed by atoms with Gasteiger partial charge in [-0.1, -0.05) is 6.92 Å². The van der Waals surface area contributed by atoms with Crippen LogP contribution in [0.2, 0.25) is 0 Å². The summed E-state index contributed by atoms with van der Waals surface area (Å²) >= 11 is 0. The molecular weight excluding hydrogens is 246 g/mol. The third-order valence-electron chi connectivity index (χ3n) is 3.29. The molecule has 1 heterocycles. The SMILES string of the molecule is CCNc1nc(C)c([N+](=O)[O-])c(NC2CC(C)C2)n1. The van der Waals surface area contributed by atoms with E-state index in [2.05, 4.69) is 27.5 Å². The van der Waals surface area contributed by atoms with E-state index in [0.717, 1.165) is 12.8 Å². The van der Waals surface area contributed by atoms with E-state index < -0.39 is 4.92 Å². The van der Waals surface area contributed by atoms with Crippen LogP contribution in [0, 0.1) is 23.0 Å². The fraction of sp³-hybridized carbons (Fsp3) is 0.667. The van der Waals surface area contributed by atoms with Gasteiger partial charge in [-0.15, -0.1) is 0 Å². The van der Waals surface area contributed by atoms with Gasteiger partial charge in [-0.05, 0) is 32.6 Å². The Bertz CT molecular complexity index is 485. The quantitative estimate of drug-likeness (QED) is 0.627. The van der Waals surface area contributed by atoms with Crippen LogP contribution in [0.5, 0.6) is 0 Å². The lowest BCUT2D eigenvalue weighted by atomic mass is 9.82. The molecule has 1 aliphatic rings. The van der Waals surface area contributed by atoms with Crippen LogP contribution in [0.25, 0.3) is 0 Å². The standard InChI is InChI=1S/C12H19N5O2/c1-4-13-12-14-8(3)10(17(18)19)11(16-12)15-9-5-7(2)6-9/h7,9H,4-6H2,1-3H3,(H2,13,14,15,16). The fourth-order valence-electron chi connectivity index (χ4n) is 2.34. The molecule has 0 aromatic carbocycles. The first-order chi connectivity index (χ1) is 9.01. The Kier molecular flexibility index (Phi) is 3.82. The molecule has 2 N–H and O–H groups in total. The molecular formula is C12H19N5O2. The first-order valence-electron chi connectivity index (χ1n) is 6.54. The third kappa shape index (κ3) is 2.91. The highest BCUT2D eigenvalue weighted by Gasteiger charge is 2.29. The Balaban J connectivity index is 2.28. The number of aromatic nitrogens is 2. The molecule has 0 aliphatic heterocycles. The summed E-state index contributed by atoms with van der Waals surface area (Å²) in [5.41, 5.74) is 0.354. The number of nitrogens with zero attached hydrogens (tertiary/aromatic N) is 3. The van der Waals surface area contributed by atoms with Crippen molar-refractivity contribution in [3.63, 3.8) is 0 Å². The predicted octanol–water partition coefficient (Wildman–Crippen LogP) is 2.34. The van der Waals surface area contributed by atoms with Crippen molar-refractivity contribution in [1.29, 1.82) is 0 Å². The Hall–Kier alpha value is -1.92. The van der Waals surface area contributed by atoms with Crippen molar-refractivity contribution in [2.24, 2.45) is 5.92 Å². The van der Waals surface area contributed by atoms with E-state index in [9.17, 15) is 10.1 Å². The molecule has 7 nitrogen and oxygen atoms in total. The summed E-state index contributed by atoms with van der Waals surface area (Å²) in [6.07, 6.45) is 2.05. The molecule has 0 atom stereocenters. The van der Waals surface area contributed by atoms with Crippen LogP contribution in [0.4, 0.5) is 17.5 Å². The smallest absolute Gasteiger partial charge is 0.332 e. The Labute approximate surface area is 112 Å². The summed E-state index contributed by atoms with van der Waals surface area (Å²) in [6.45, 7) is 6.41. The molecule has 1 fully saturated rings. The highest BCUT2D eigenvalue weighted by molar-refractivity contribution is 5.61. The summed E-state index contributed by atoms with van der Waals surface area (Å²) in [4.78, 5) is 19.0. The van der Waals surface area contributed by atoms with Crippen LogP contribution in [0.3, 0.4) is 0 Å². The van der Waals surface area contributed by atoms with E-state index >= 15 is 0 Å². The summed E-state index contributed by atoms with van der Waals surface area (Å²) in [5, 5.41) is 17.3. The summed E-state index contributed by atoms with van der Waals surface area (Å²) in [5.74, 6) is 1.43. The molecule has 0 radical (unpaired) electrons. The van der Waals surface area contributed by atoms with Gasteiger partial charge in [-0.2, -0.15) is 4.98 Å². The molecule has 7 heteroatoms. The highest BCUT2D eigenvalue weighted by Crippen LogP contribution is 2.33. The maximum Gasteiger partial charge on any atom is 0.332 e. The predicted molar refractivity (Wildman–Crippen MR) is 73.4 cm³/mol. The Morgan fingerprint density at radius 2 is 2.11 bits per heavy atom. The van der Waals surface area contributed by atoms with Crippen LogP contribution in [0.1, 0.15) is 32.4 Å². The number of nitrogens with one attached hydrogen (secondary N) is 2. The lowest BCUT2D eigenvalue weighted by molar-refractivity contribution is -0.385. The molecule has 2 rings (SSSR count). The second-order valence-electron chi connectivity index (χ2n) is 5.04. The van der Waals surface area contributed by atoms with Gasteiger partial charge in [0.1, 0.15) is 5.69 Å².